The fourth-order valence-electron chi connectivity index (χ4n) is 3.99. The van der Waals surface area contributed by atoms with E-state index in [1.54, 1.807) is 21.3 Å². The second-order valence-corrected chi connectivity index (χ2v) is 7.76. The highest BCUT2D eigenvalue weighted by Crippen LogP contribution is 2.24. The van der Waals surface area contributed by atoms with Gasteiger partial charge in [-0.3, -0.25) is 9.89 Å². The summed E-state index contributed by atoms with van der Waals surface area (Å²) in [5, 5.41) is 8.01. The molecule has 0 amide bonds. The van der Waals surface area contributed by atoms with E-state index in [1.165, 1.54) is 5.56 Å². The second-order valence-electron chi connectivity index (χ2n) is 7.76. The summed E-state index contributed by atoms with van der Waals surface area (Å²) in [7, 11) is 5.15. The molecule has 164 valence electrons. The van der Waals surface area contributed by atoms with Crippen LogP contribution < -0.4 is 20.1 Å². The molecule has 4 rings (SSSR count). The molecule has 1 unspecified atom stereocenters. The maximum atomic E-state index is 5.88. The molecule has 1 atom stereocenters. The zero-order valence-electron chi connectivity index (χ0n) is 18.4. The molecule has 31 heavy (non-hydrogen) atoms. The molecule has 1 aromatic heterocycles. The molecule has 0 saturated carbocycles. The lowest BCUT2D eigenvalue weighted by molar-refractivity contribution is 0.321. The SMILES string of the molecule is CN=C(NCc1cc2ccccc2o1)NC1CCN(Cc2cc(OC)cc(OC)c2)C1. The first kappa shape index (κ1) is 21.1. The number of benzene rings is 2. The van der Waals surface area contributed by atoms with E-state index >= 15 is 0 Å². The summed E-state index contributed by atoms with van der Waals surface area (Å²) in [6.07, 6.45) is 1.06. The Kier molecular flexibility index (Phi) is 6.62. The average Bonchev–Trinajstić information content (AvgIpc) is 3.42. The molecule has 0 bridgehead atoms. The number of ether oxygens (including phenoxy) is 2. The molecule has 3 aromatic rings. The first-order valence-electron chi connectivity index (χ1n) is 10.6. The lowest BCUT2D eigenvalue weighted by Gasteiger charge is -2.19. The van der Waals surface area contributed by atoms with Crippen LogP contribution >= 0.6 is 0 Å². The van der Waals surface area contributed by atoms with Crippen molar-refractivity contribution in [3.05, 3.63) is 59.9 Å². The Bertz CT molecular complexity index is 991. The summed E-state index contributed by atoms with van der Waals surface area (Å²) < 4.78 is 16.7. The van der Waals surface area contributed by atoms with Gasteiger partial charge in [0, 0.05) is 44.2 Å². The predicted octanol–water partition coefficient (Wildman–Crippen LogP) is 3.39. The number of furan rings is 1. The molecule has 7 heteroatoms. The third-order valence-electron chi connectivity index (χ3n) is 5.56. The topological polar surface area (TPSA) is 71.3 Å². The van der Waals surface area contributed by atoms with Crippen molar-refractivity contribution in [3.63, 3.8) is 0 Å². The molecule has 7 nitrogen and oxygen atoms in total. The smallest absolute Gasteiger partial charge is 0.191 e. The molecule has 1 aliphatic rings. The van der Waals surface area contributed by atoms with Gasteiger partial charge in [0.15, 0.2) is 5.96 Å². The first-order valence-corrected chi connectivity index (χ1v) is 10.6. The lowest BCUT2D eigenvalue weighted by Crippen LogP contribution is -2.44. The van der Waals surface area contributed by atoms with E-state index in [4.69, 9.17) is 13.9 Å². The van der Waals surface area contributed by atoms with Gasteiger partial charge in [-0.2, -0.15) is 0 Å². The van der Waals surface area contributed by atoms with Crippen LogP contribution in [0.3, 0.4) is 0 Å². The molecule has 1 aliphatic heterocycles. The molecule has 1 saturated heterocycles. The number of hydrogen-bond donors (Lipinski definition) is 2. The van der Waals surface area contributed by atoms with Crippen LogP contribution in [-0.4, -0.2) is 51.3 Å². The van der Waals surface area contributed by atoms with E-state index in [0.29, 0.717) is 12.6 Å². The zero-order valence-corrected chi connectivity index (χ0v) is 18.4. The lowest BCUT2D eigenvalue weighted by atomic mass is 10.2. The summed E-state index contributed by atoms with van der Waals surface area (Å²) in [4.78, 5) is 6.81. The van der Waals surface area contributed by atoms with Crippen molar-refractivity contribution in [1.29, 1.82) is 0 Å². The van der Waals surface area contributed by atoms with Crippen LogP contribution in [0.15, 0.2) is 57.9 Å². The minimum Gasteiger partial charge on any atom is -0.497 e. The number of fused-ring (bicyclic) bond motifs is 1. The van der Waals surface area contributed by atoms with Crippen LogP contribution in [0.2, 0.25) is 0 Å². The van der Waals surface area contributed by atoms with Crippen molar-refractivity contribution in [2.75, 3.05) is 34.4 Å². The normalized spacial score (nSPS) is 17.1. The van der Waals surface area contributed by atoms with Gasteiger partial charge in [0.05, 0.1) is 20.8 Å². The van der Waals surface area contributed by atoms with Gasteiger partial charge >= 0.3 is 0 Å². The fraction of sp³-hybridized carbons (Fsp3) is 0.375. The number of aliphatic imine (C=N–C) groups is 1. The number of rotatable bonds is 7. The van der Waals surface area contributed by atoms with E-state index in [2.05, 4.69) is 44.8 Å². The number of para-hydroxylation sites is 1. The number of nitrogens with zero attached hydrogens (tertiary/aromatic N) is 2. The minimum atomic E-state index is 0.342. The minimum absolute atomic E-state index is 0.342. The zero-order chi connectivity index (χ0) is 21.6. The third kappa shape index (κ3) is 5.30. The highest BCUT2D eigenvalue weighted by Gasteiger charge is 2.23. The van der Waals surface area contributed by atoms with Gasteiger partial charge in [-0.15, -0.1) is 0 Å². The maximum absolute atomic E-state index is 5.88. The Morgan fingerprint density at radius 2 is 1.90 bits per heavy atom. The fourth-order valence-corrected chi connectivity index (χ4v) is 3.99. The molecular formula is C24H30N4O3. The van der Waals surface area contributed by atoms with Gasteiger partial charge in [0.1, 0.15) is 22.8 Å². The summed E-state index contributed by atoms with van der Waals surface area (Å²) >= 11 is 0. The van der Waals surface area contributed by atoms with Gasteiger partial charge in [-0.1, -0.05) is 18.2 Å². The number of likely N-dealkylation sites (tertiary alicyclic amines) is 1. The van der Waals surface area contributed by atoms with Crippen LogP contribution in [0.5, 0.6) is 11.5 Å². The van der Waals surface area contributed by atoms with Crippen molar-refractivity contribution in [3.8, 4) is 11.5 Å². The third-order valence-corrected chi connectivity index (χ3v) is 5.56. The van der Waals surface area contributed by atoms with Crippen molar-refractivity contribution in [2.24, 2.45) is 4.99 Å². The van der Waals surface area contributed by atoms with Crippen molar-refractivity contribution < 1.29 is 13.9 Å². The summed E-state index contributed by atoms with van der Waals surface area (Å²) in [6.45, 7) is 3.42. The number of nitrogens with one attached hydrogen (secondary N) is 2. The molecule has 2 aromatic carbocycles. The molecule has 1 fully saturated rings. The Morgan fingerprint density at radius 3 is 2.61 bits per heavy atom. The average molecular weight is 423 g/mol. The van der Waals surface area contributed by atoms with E-state index < -0.39 is 0 Å². The van der Waals surface area contributed by atoms with Gasteiger partial charge in [-0.05, 0) is 36.2 Å². The Balaban J connectivity index is 1.29. The summed E-state index contributed by atoms with van der Waals surface area (Å²) in [6, 6.07) is 16.5. The van der Waals surface area contributed by atoms with Gasteiger partial charge in [0.25, 0.3) is 0 Å². The van der Waals surface area contributed by atoms with E-state index in [-0.39, 0.29) is 0 Å². The maximum Gasteiger partial charge on any atom is 0.191 e. The Labute approximate surface area is 183 Å². The van der Waals surface area contributed by atoms with Gasteiger partial charge in [-0.25, -0.2) is 0 Å². The van der Waals surface area contributed by atoms with E-state index in [1.807, 2.05) is 24.3 Å². The van der Waals surface area contributed by atoms with Crippen LogP contribution in [0.4, 0.5) is 0 Å². The summed E-state index contributed by atoms with van der Waals surface area (Å²) in [5.74, 6) is 3.32. The van der Waals surface area contributed by atoms with E-state index in [0.717, 1.165) is 60.2 Å². The number of methoxy groups -OCH3 is 2. The number of guanidine groups is 1. The molecule has 2 heterocycles. The van der Waals surface area contributed by atoms with Crippen LogP contribution in [-0.2, 0) is 13.1 Å². The van der Waals surface area contributed by atoms with E-state index in [9.17, 15) is 0 Å². The Hall–Kier alpha value is -3.19. The highest BCUT2D eigenvalue weighted by atomic mass is 16.5. The summed E-state index contributed by atoms with van der Waals surface area (Å²) in [5.41, 5.74) is 2.09. The van der Waals surface area contributed by atoms with Crippen molar-refractivity contribution >= 4 is 16.9 Å². The van der Waals surface area contributed by atoms with Gasteiger partial charge in [0.2, 0.25) is 0 Å². The predicted molar refractivity (Wildman–Crippen MR) is 123 cm³/mol. The molecule has 0 aliphatic carbocycles. The van der Waals surface area contributed by atoms with Crippen LogP contribution in [0.25, 0.3) is 11.0 Å². The molecule has 0 spiro atoms. The largest absolute Gasteiger partial charge is 0.497 e. The first-order chi connectivity index (χ1) is 15.2. The van der Waals surface area contributed by atoms with Crippen LogP contribution in [0.1, 0.15) is 17.7 Å². The van der Waals surface area contributed by atoms with Gasteiger partial charge < -0.3 is 24.5 Å². The highest BCUT2D eigenvalue weighted by molar-refractivity contribution is 5.80. The quantitative estimate of drug-likeness (QED) is 0.449. The second kappa shape index (κ2) is 9.75. The molecule has 0 radical (unpaired) electrons. The molecular weight excluding hydrogens is 392 g/mol. The molecule has 2 N–H and O–H groups in total. The monoisotopic (exact) mass is 422 g/mol. The number of hydrogen-bond acceptors (Lipinski definition) is 5. The Morgan fingerprint density at radius 1 is 1.13 bits per heavy atom. The van der Waals surface area contributed by atoms with Crippen molar-refractivity contribution in [2.45, 2.75) is 25.6 Å². The van der Waals surface area contributed by atoms with Crippen molar-refractivity contribution in [1.82, 2.24) is 15.5 Å². The van der Waals surface area contributed by atoms with Crippen LogP contribution in [0, 0.1) is 0 Å². The standard InChI is InChI=1S/C24H30N4O3/c1-25-24(26-14-22-12-18-6-4-5-7-23(18)31-22)27-19-8-9-28(16-19)15-17-10-20(29-2)13-21(11-17)30-3/h4-7,10-13,19H,8-9,14-16H2,1-3H3,(H2,25,26,27).